The molecule has 0 saturated heterocycles. The van der Waals surface area contributed by atoms with Gasteiger partial charge in [0.05, 0.1) is 4.92 Å². The summed E-state index contributed by atoms with van der Waals surface area (Å²) in [5.41, 5.74) is 0.0386. The molecule has 84 valence electrons. The first-order valence-corrected chi connectivity index (χ1v) is 5.45. The summed E-state index contributed by atoms with van der Waals surface area (Å²) in [6.07, 6.45) is 2.73. The first kappa shape index (κ1) is 12.0. The lowest BCUT2D eigenvalue weighted by Gasteiger charge is -2.17. The Morgan fingerprint density at radius 1 is 1.67 bits per heavy atom. The lowest BCUT2D eigenvalue weighted by molar-refractivity contribution is -0.385. The summed E-state index contributed by atoms with van der Waals surface area (Å²) in [4.78, 5) is 10.0. The first-order valence-electron chi connectivity index (χ1n) is 4.82. The third-order valence-electron chi connectivity index (χ3n) is 2.43. The fourth-order valence-electron chi connectivity index (χ4n) is 1.27. The van der Waals surface area contributed by atoms with Crippen LogP contribution in [0.5, 0.6) is 0 Å². The Kier molecular flexibility index (Phi) is 4.14. The van der Waals surface area contributed by atoms with E-state index in [4.69, 9.17) is 0 Å². The van der Waals surface area contributed by atoms with E-state index in [1.165, 1.54) is 12.4 Å². The lowest BCUT2D eigenvalue weighted by Crippen LogP contribution is -2.18. The van der Waals surface area contributed by atoms with Crippen LogP contribution in [0.25, 0.3) is 0 Å². The monoisotopic (exact) mass is 229 g/mol. The summed E-state index contributed by atoms with van der Waals surface area (Å²) in [7, 11) is 0. The van der Waals surface area contributed by atoms with Crippen molar-refractivity contribution in [2.45, 2.75) is 20.4 Å². The van der Waals surface area contributed by atoms with E-state index in [9.17, 15) is 10.1 Å². The third-order valence-corrected chi connectivity index (χ3v) is 2.90. The molecule has 6 heteroatoms. The molecule has 0 aliphatic rings. The Balaban J connectivity index is 2.67. The Bertz CT molecular complexity index is 338. The van der Waals surface area contributed by atoms with Crippen molar-refractivity contribution in [2.75, 3.05) is 5.75 Å². The third kappa shape index (κ3) is 3.23. The quantitative estimate of drug-likeness (QED) is 0.477. The second-order valence-corrected chi connectivity index (χ2v) is 4.23. The van der Waals surface area contributed by atoms with Crippen molar-refractivity contribution in [1.82, 2.24) is 9.78 Å². The molecule has 1 rings (SSSR count). The van der Waals surface area contributed by atoms with Crippen molar-refractivity contribution < 1.29 is 4.92 Å². The minimum atomic E-state index is -0.436. The fourth-order valence-corrected chi connectivity index (χ4v) is 1.80. The molecule has 1 aromatic heterocycles. The Morgan fingerprint density at radius 2 is 2.33 bits per heavy atom. The van der Waals surface area contributed by atoms with Crippen LogP contribution in [0, 0.1) is 22.0 Å². The molecule has 0 amide bonds. The average molecular weight is 229 g/mol. The highest BCUT2D eigenvalue weighted by Crippen LogP contribution is 2.16. The molecule has 0 aliphatic carbocycles. The van der Waals surface area contributed by atoms with E-state index >= 15 is 0 Å². The molecule has 0 bridgehead atoms. The van der Waals surface area contributed by atoms with Crippen LogP contribution < -0.4 is 0 Å². The highest BCUT2D eigenvalue weighted by molar-refractivity contribution is 7.80. The van der Waals surface area contributed by atoms with Gasteiger partial charge in [0, 0.05) is 6.54 Å². The van der Waals surface area contributed by atoms with Crippen LogP contribution in [0.4, 0.5) is 5.69 Å². The zero-order valence-electron chi connectivity index (χ0n) is 8.83. The second kappa shape index (κ2) is 5.16. The summed E-state index contributed by atoms with van der Waals surface area (Å²) >= 11 is 4.26. The first-order chi connectivity index (χ1) is 7.04. The number of hydrogen-bond donors (Lipinski definition) is 1. The number of nitrogens with zero attached hydrogens (tertiary/aromatic N) is 3. The van der Waals surface area contributed by atoms with E-state index in [0.29, 0.717) is 18.4 Å². The number of rotatable bonds is 5. The summed E-state index contributed by atoms with van der Waals surface area (Å²) in [5, 5.41) is 14.4. The van der Waals surface area contributed by atoms with Crippen LogP contribution in [0.3, 0.4) is 0 Å². The molecule has 0 aliphatic heterocycles. The van der Waals surface area contributed by atoms with Gasteiger partial charge in [0.1, 0.15) is 12.4 Å². The summed E-state index contributed by atoms with van der Waals surface area (Å²) < 4.78 is 1.61. The van der Waals surface area contributed by atoms with Gasteiger partial charge in [0.15, 0.2) is 0 Å². The van der Waals surface area contributed by atoms with Gasteiger partial charge in [-0.3, -0.25) is 14.8 Å². The number of thiol groups is 1. The van der Waals surface area contributed by atoms with Crippen molar-refractivity contribution >= 4 is 18.3 Å². The van der Waals surface area contributed by atoms with Crippen molar-refractivity contribution in [3.8, 4) is 0 Å². The van der Waals surface area contributed by atoms with Gasteiger partial charge in [-0.15, -0.1) is 0 Å². The standard InChI is InChI=1S/C9H15N3O2S/c1-7(2)8(6-15)4-11-5-9(3-10-11)12(13)14/h3,5,7-8,15H,4,6H2,1-2H3. The van der Waals surface area contributed by atoms with Gasteiger partial charge in [0.25, 0.3) is 0 Å². The van der Waals surface area contributed by atoms with Crippen LogP contribution in [-0.2, 0) is 6.54 Å². The molecule has 1 unspecified atom stereocenters. The van der Waals surface area contributed by atoms with Crippen LogP contribution in [-0.4, -0.2) is 20.5 Å². The molecule has 0 radical (unpaired) electrons. The highest BCUT2D eigenvalue weighted by atomic mass is 32.1. The number of nitro groups is 1. The summed E-state index contributed by atoms with van der Waals surface area (Å²) in [5.74, 6) is 1.63. The van der Waals surface area contributed by atoms with Crippen molar-refractivity contribution in [2.24, 2.45) is 11.8 Å². The van der Waals surface area contributed by atoms with Gasteiger partial charge >= 0.3 is 5.69 Å². The maximum Gasteiger partial charge on any atom is 0.306 e. The average Bonchev–Trinajstić information content (AvgIpc) is 2.61. The maximum atomic E-state index is 10.4. The van der Waals surface area contributed by atoms with Gasteiger partial charge in [-0.25, -0.2) is 0 Å². The predicted octanol–water partition coefficient (Wildman–Crippen LogP) is 1.99. The highest BCUT2D eigenvalue weighted by Gasteiger charge is 2.15. The minimum absolute atomic E-state index is 0.0386. The molecule has 0 fully saturated rings. The van der Waals surface area contributed by atoms with E-state index in [0.717, 1.165) is 5.75 Å². The van der Waals surface area contributed by atoms with Crippen LogP contribution >= 0.6 is 12.6 Å². The van der Waals surface area contributed by atoms with E-state index in [-0.39, 0.29) is 5.69 Å². The smallest absolute Gasteiger partial charge is 0.265 e. The Hall–Kier alpha value is -1.04. The maximum absolute atomic E-state index is 10.4. The van der Waals surface area contributed by atoms with Crippen molar-refractivity contribution in [1.29, 1.82) is 0 Å². The molecule has 1 aromatic rings. The molecule has 1 atom stereocenters. The predicted molar refractivity (Wildman–Crippen MR) is 61.1 cm³/mol. The van der Waals surface area contributed by atoms with Crippen molar-refractivity contribution in [3.05, 3.63) is 22.5 Å². The molecule has 15 heavy (non-hydrogen) atoms. The van der Waals surface area contributed by atoms with Gasteiger partial charge in [-0.2, -0.15) is 17.7 Å². The second-order valence-electron chi connectivity index (χ2n) is 3.86. The van der Waals surface area contributed by atoms with Crippen LogP contribution in [0.15, 0.2) is 12.4 Å². The molecular formula is C9H15N3O2S. The summed E-state index contributed by atoms with van der Waals surface area (Å²) in [6, 6.07) is 0. The van der Waals surface area contributed by atoms with E-state index in [2.05, 4.69) is 31.6 Å². The van der Waals surface area contributed by atoms with Gasteiger partial charge in [0.2, 0.25) is 0 Å². The normalized spacial score (nSPS) is 13.1. The molecule has 0 saturated carbocycles. The molecule has 5 nitrogen and oxygen atoms in total. The largest absolute Gasteiger partial charge is 0.306 e. The molecule has 1 heterocycles. The van der Waals surface area contributed by atoms with E-state index in [1.54, 1.807) is 4.68 Å². The van der Waals surface area contributed by atoms with Crippen LogP contribution in [0.2, 0.25) is 0 Å². The SMILES string of the molecule is CC(C)C(CS)Cn1cc([N+](=O)[O-])cn1. The zero-order chi connectivity index (χ0) is 11.4. The van der Waals surface area contributed by atoms with E-state index in [1.807, 2.05) is 0 Å². The summed E-state index contributed by atoms with van der Waals surface area (Å²) in [6.45, 7) is 4.90. The van der Waals surface area contributed by atoms with Gasteiger partial charge < -0.3 is 0 Å². The molecule has 0 N–H and O–H groups in total. The molecular weight excluding hydrogens is 214 g/mol. The molecule has 0 aromatic carbocycles. The zero-order valence-corrected chi connectivity index (χ0v) is 9.72. The lowest BCUT2D eigenvalue weighted by atomic mass is 9.98. The fraction of sp³-hybridized carbons (Fsp3) is 0.667. The van der Waals surface area contributed by atoms with E-state index < -0.39 is 4.92 Å². The topological polar surface area (TPSA) is 61.0 Å². The van der Waals surface area contributed by atoms with Crippen molar-refractivity contribution in [3.63, 3.8) is 0 Å². The van der Waals surface area contributed by atoms with Gasteiger partial charge in [-0.1, -0.05) is 13.8 Å². The Labute approximate surface area is 94.0 Å². The number of aromatic nitrogens is 2. The van der Waals surface area contributed by atoms with Gasteiger partial charge in [-0.05, 0) is 17.6 Å². The van der Waals surface area contributed by atoms with Crippen LogP contribution in [0.1, 0.15) is 13.8 Å². The molecule has 0 spiro atoms. The Morgan fingerprint density at radius 3 is 2.73 bits per heavy atom. The minimum Gasteiger partial charge on any atom is -0.265 e. The number of hydrogen-bond acceptors (Lipinski definition) is 4.